The number of nitrogens with zero attached hydrogens (tertiary/aromatic N) is 2. The molecular weight excluding hydrogens is 283 g/mol. The molecule has 0 aliphatic carbocycles. The van der Waals surface area contributed by atoms with Crippen molar-refractivity contribution in [1.82, 2.24) is 9.97 Å². The molecule has 0 unspecified atom stereocenters. The van der Waals surface area contributed by atoms with Crippen LogP contribution in [-0.4, -0.2) is 9.97 Å². The van der Waals surface area contributed by atoms with E-state index in [1.165, 1.54) is 6.33 Å². The molecule has 1 heterocycles. The summed E-state index contributed by atoms with van der Waals surface area (Å²) in [6.07, 6.45) is 3.09. The zero-order chi connectivity index (χ0) is 13.8. The van der Waals surface area contributed by atoms with Crippen LogP contribution in [0.15, 0.2) is 24.5 Å². The Morgan fingerprint density at radius 2 is 2.00 bits per heavy atom. The second kappa shape index (κ2) is 6.22. The van der Waals surface area contributed by atoms with Gasteiger partial charge in [-0.2, -0.15) is 0 Å². The maximum Gasteiger partial charge on any atom is 0.227 e. The largest absolute Gasteiger partial charge is 0.437 e. The van der Waals surface area contributed by atoms with Gasteiger partial charge in [-0.15, -0.1) is 0 Å². The molecule has 0 saturated carbocycles. The Bertz CT molecular complexity index is 588. The average Bonchev–Trinajstić information content (AvgIpc) is 2.38. The van der Waals surface area contributed by atoms with Gasteiger partial charge in [0.1, 0.15) is 17.2 Å². The average molecular weight is 297 g/mol. The molecule has 5 heteroatoms. The summed E-state index contributed by atoms with van der Waals surface area (Å²) in [5.41, 5.74) is 1.88. The van der Waals surface area contributed by atoms with Gasteiger partial charge in [0, 0.05) is 0 Å². The minimum absolute atomic E-state index is 0.427. The van der Waals surface area contributed by atoms with Gasteiger partial charge in [-0.05, 0) is 31.0 Å². The summed E-state index contributed by atoms with van der Waals surface area (Å²) in [4.78, 5) is 8.13. The third-order valence-electron chi connectivity index (χ3n) is 2.65. The summed E-state index contributed by atoms with van der Waals surface area (Å²) >= 11 is 12.2. The molecule has 1 aromatic heterocycles. The van der Waals surface area contributed by atoms with Crippen LogP contribution < -0.4 is 4.74 Å². The van der Waals surface area contributed by atoms with Crippen LogP contribution in [0, 0.1) is 6.92 Å². The molecule has 3 nitrogen and oxygen atoms in total. The lowest BCUT2D eigenvalue weighted by molar-refractivity contribution is 0.454. The van der Waals surface area contributed by atoms with Crippen LogP contribution in [0.5, 0.6) is 11.6 Å². The Balaban J connectivity index is 2.37. The fraction of sp³-hybridized carbons (Fsp3) is 0.286. The monoisotopic (exact) mass is 296 g/mol. The van der Waals surface area contributed by atoms with Crippen LogP contribution in [0.4, 0.5) is 0 Å². The fourth-order valence-corrected chi connectivity index (χ4v) is 2.09. The minimum Gasteiger partial charge on any atom is -0.437 e. The smallest absolute Gasteiger partial charge is 0.227 e. The fourth-order valence-electron chi connectivity index (χ4n) is 1.72. The van der Waals surface area contributed by atoms with E-state index in [0.29, 0.717) is 21.8 Å². The Morgan fingerprint density at radius 3 is 2.74 bits per heavy atom. The van der Waals surface area contributed by atoms with Crippen LogP contribution in [-0.2, 0) is 6.42 Å². The second-order valence-electron chi connectivity index (χ2n) is 4.23. The number of aromatic nitrogens is 2. The summed E-state index contributed by atoms with van der Waals surface area (Å²) in [5.74, 6) is 1.04. The van der Waals surface area contributed by atoms with Gasteiger partial charge in [0.2, 0.25) is 5.88 Å². The van der Waals surface area contributed by atoms with E-state index in [4.69, 9.17) is 27.9 Å². The van der Waals surface area contributed by atoms with Crippen molar-refractivity contribution in [2.45, 2.75) is 26.7 Å². The zero-order valence-electron chi connectivity index (χ0n) is 10.8. The number of ether oxygens (including phenoxy) is 1. The highest BCUT2D eigenvalue weighted by Gasteiger charge is 2.13. The first-order chi connectivity index (χ1) is 9.11. The molecule has 0 saturated heterocycles. The zero-order valence-corrected chi connectivity index (χ0v) is 12.3. The van der Waals surface area contributed by atoms with Gasteiger partial charge >= 0.3 is 0 Å². The van der Waals surface area contributed by atoms with E-state index < -0.39 is 0 Å². The van der Waals surface area contributed by atoms with Crippen LogP contribution in [0.2, 0.25) is 10.2 Å². The summed E-state index contributed by atoms with van der Waals surface area (Å²) in [6, 6.07) is 5.59. The van der Waals surface area contributed by atoms with Crippen molar-refractivity contribution in [1.29, 1.82) is 0 Å². The van der Waals surface area contributed by atoms with Gasteiger partial charge in [-0.3, -0.25) is 0 Å². The first kappa shape index (κ1) is 14.1. The molecule has 0 radical (unpaired) electrons. The topological polar surface area (TPSA) is 35.0 Å². The van der Waals surface area contributed by atoms with Gasteiger partial charge in [0.25, 0.3) is 0 Å². The number of benzene rings is 1. The van der Waals surface area contributed by atoms with Crippen LogP contribution >= 0.6 is 23.2 Å². The molecule has 19 heavy (non-hydrogen) atoms. The third-order valence-corrected chi connectivity index (χ3v) is 3.28. The van der Waals surface area contributed by atoms with Crippen LogP contribution in [0.25, 0.3) is 0 Å². The van der Waals surface area contributed by atoms with E-state index in [1.807, 2.05) is 19.1 Å². The van der Waals surface area contributed by atoms with E-state index in [2.05, 4.69) is 16.9 Å². The molecule has 100 valence electrons. The molecule has 0 aliphatic rings. The predicted molar refractivity (Wildman–Crippen MR) is 77.3 cm³/mol. The Labute approximate surface area is 122 Å². The normalized spacial score (nSPS) is 10.5. The van der Waals surface area contributed by atoms with E-state index in [0.717, 1.165) is 24.0 Å². The van der Waals surface area contributed by atoms with Crippen molar-refractivity contribution < 1.29 is 4.74 Å². The lowest BCUT2D eigenvalue weighted by Crippen LogP contribution is -1.98. The Kier molecular flexibility index (Phi) is 4.61. The van der Waals surface area contributed by atoms with Gasteiger partial charge < -0.3 is 4.74 Å². The van der Waals surface area contributed by atoms with E-state index in [-0.39, 0.29) is 0 Å². The molecular formula is C14H14Cl2N2O. The highest BCUT2D eigenvalue weighted by Crippen LogP contribution is 2.32. The number of halogens is 2. The maximum atomic E-state index is 6.11. The summed E-state index contributed by atoms with van der Waals surface area (Å²) in [6.45, 7) is 4.04. The van der Waals surface area contributed by atoms with Crippen molar-refractivity contribution in [3.05, 3.63) is 45.8 Å². The highest BCUT2D eigenvalue weighted by atomic mass is 35.5. The van der Waals surface area contributed by atoms with Crippen LogP contribution in [0.3, 0.4) is 0 Å². The molecule has 0 spiro atoms. The van der Waals surface area contributed by atoms with Crippen LogP contribution in [0.1, 0.15) is 24.5 Å². The summed E-state index contributed by atoms with van der Waals surface area (Å²) in [7, 11) is 0. The predicted octanol–water partition coefficient (Wildman–Crippen LogP) is 4.84. The number of rotatable bonds is 4. The first-order valence-corrected chi connectivity index (χ1v) is 6.80. The lowest BCUT2D eigenvalue weighted by atomic mass is 10.2. The van der Waals surface area contributed by atoms with Crippen molar-refractivity contribution in [3.63, 3.8) is 0 Å². The highest BCUT2D eigenvalue weighted by molar-refractivity contribution is 6.32. The van der Waals surface area contributed by atoms with Gasteiger partial charge in [0.05, 0.1) is 10.6 Å². The van der Waals surface area contributed by atoms with Crippen molar-refractivity contribution >= 4 is 23.2 Å². The Hall–Kier alpha value is -1.32. The van der Waals surface area contributed by atoms with Gasteiger partial charge in [0.15, 0.2) is 0 Å². The molecule has 0 fully saturated rings. The van der Waals surface area contributed by atoms with Gasteiger partial charge in [-0.1, -0.05) is 42.6 Å². The van der Waals surface area contributed by atoms with Crippen molar-refractivity contribution in [2.75, 3.05) is 0 Å². The lowest BCUT2D eigenvalue weighted by Gasteiger charge is -2.11. The molecule has 0 aliphatic heterocycles. The standard InChI is InChI=1S/C14H14Cl2N2O/c1-3-4-10-13(16)17-8-18-14(10)19-12-7-9(2)5-6-11(12)15/h5-8H,3-4H2,1-2H3. The van der Waals surface area contributed by atoms with Crippen molar-refractivity contribution in [2.24, 2.45) is 0 Å². The second-order valence-corrected chi connectivity index (χ2v) is 5.00. The molecule has 0 atom stereocenters. The quantitative estimate of drug-likeness (QED) is 0.758. The molecule has 0 bridgehead atoms. The number of hydrogen-bond acceptors (Lipinski definition) is 3. The van der Waals surface area contributed by atoms with Crippen molar-refractivity contribution in [3.8, 4) is 11.6 Å². The number of hydrogen-bond donors (Lipinski definition) is 0. The van der Waals surface area contributed by atoms with Gasteiger partial charge in [-0.25, -0.2) is 9.97 Å². The third kappa shape index (κ3) is 3.37. The van der Waals surface area contributed by atoms with E-state index in [1.54, 1.807) is 6.07 Å². The molecule has 1 aromatic carbocycles. The first-order valence-electron chi connectivity index (χ1n) is 6.05. The maximum absolute atomic E-state index is 6.11. The van der Waals surface area contributed by atoms with E-state index in [9.17, 15) is 0 Å². The SMILES string of the molecule is CCCc1c(Cl)ncnc1Oc1cc(C)ccc1Cl. The molecule has 2 rings (SSSR count). The molecule has 2 aromatic rings. The summed E-state index contributed by atoms with van der Waals surface area (Å²) < 4.78 is 5.79. The minimum atomic E-state index is 0.427. The molecule has 0 N–H and O–H groups in total. The Morgan fingerprint density at radius 1 is 1.21 bits per heavy atom. The molecule has 0 amide bonds. The number of aryl methyl sites for hydroxylation is 1. The van der Waals surface area contributed by atoms with E-state index >= 15 is 0 Å². The summed E-state index contributed by atoms with van der Waals surface area (Å²) in [5, 5.41) is 0.971.